The molecule has 4 aromatic rings. The van der Waals surface area contributed by atoms with Crippen molar-refractivity contribution in [2.45, 2.75) is 6.92 Å². The van der Waals surface area contributed by atoms with Crippen LogP contribution in [0.15, 0.2) is 78.9 Å². The summed E-state index contributed by atoms with van der Waals surface area (Å²) in [5, 5.41) is 4.36. The lowest BCUT2D eigenvalue weighted by molar-refractivity contribution is 0.0462. The van der Waals surface area contributed by atoms with Gasteiger partial charge in [0.25, 0.3) is 5.82 Å². The average molecular weight is 427 g/mol. The molecule has 1 heterocycles. The minimum atomic E-state index is -0.769. The zero-order chi connectivity index (χ0) is 22.5. The van der Waals surface area contributed by atoms with Gasteiger partial charge in [-0.1, -0.05) is 60.2 Å². The largest absolute Gasteiger partial charge is 0.497 e. The van der Waals surface area contributed by atoms with E-state index in [4.69, 9.17) is 9.47 Å². The molecule has 0 aliphatic carbocycles. The predicted molar refractivity (Wildman–Crippen MR) is 119 cm³/mol. The maximum atomic E-state index is 12.6. The number of nitrogens with zero attached hydrogens (tertiary/aromatic N) is 3. The zero-order valence-corrected chi connectivity index (χ0v) is 17.7. The monoisotopic (exact) mass is 427 g/mol. The van der Waals surface area contributed by atoms with E-state index in [0.29, 0.717) is 22.8 Å². The summed E-state index contributed by atoms with van der Waals surface area (Å²) in [6.45, 7) is 1.60. The van der Waals surface area contributed by atoms with Crippen LogP contribution in [0.3, 0.4) is 0 Å². The smallest absolute Gasteiger partial charge is 0.378 e. The summed E-state index contributed by atoms with van der Waals surface area (Å²) in [6, 6.07) is 23.6. The van der Waals surface area contributed by atoms with Gasteiger partial charge in [-0.25, -0.2) is 14.5 Å². The summed E-state index contributed by atoms with van der Waals surface area (Å²) in [7, 11) is 1.59. The molecule has 0 aliphatic rings. The van der Waals surface area contributed by atoms with E-state index >= 15 is 0 Å². The number of carbonyl (C=O) groups is 2. The van der Waals surface area contributed by atoms with E-state index in [1.807, 2.05) is 49.4 Å². The first-order chi connectivity index (χ1) is 15.5. The summed E-state index contributed by atoms with van der Waals surface area (Å²) >= 11 is 0. The number of aryl methyl sites for hydroxylation is 1. The average Bonchev–Trinajstić information content (AvgIpc) is 3.29. The Labute approximate surface area is 185 Å². The number of aromatic nitrogens is 3. The summed E-state index contributed by atoms with van der Waals surface area (Å²) in [5.74, 6) is -0.0132. The van der Waals surface area contributed by atoms with Crippen molar-refractivity contribution in [2.24, 2.45) is 0 Å². The fourth-order valence-electron chi connectivity index (χ4n) is 3.09. The molecule has 0 spiro atoms. The minimum Gasteiger partial charge on any atom is -0.497 e. The molecule has 0 radical (unpaired) electrons. The van der Waals surface area contributed by atoms with Gasteiger partial charge in [0.2, 0.25) is 0 Å². The lowest BCUT2D eigenvalue weighted by Gasteiger charge is -2.07. The molecule has 0 saturated carbocycles. The second-order valence-corrected chi connectivity index (χ2v) is 7.10. The molecule has 4 rings (SSSR count). The van der Waals surface area contributed by atoms with Crippen molar-refractivity contribution >= 4 is 11.8 Å². The summed E-state index contributed by atoms with van der Waals surface area (Å²) in [5.41, 5.74) is 3.06. The van der Waals surface area contributed by atoms with Crippen LogP contribution in [0.2, 0.25) is 0 Å². The van der Waals surface area contributed by atoms with Crippen molar-refractivity contribution < 1.29 is 19.1 Å². The summed E-state index contributed by atoms with van der Waals surface area (Å²) in [6.07, 6.45) is 0. The fraction of sp³-hybridized carbons (Fsp3) is 0.120. The van der Waals surface area contributed by atoms with E-state index in [1.165, 1.54) is 0 Å². The van der Waals surface area contributed by atoms with Crippen molar-refractivity contribution in [1.29, 1.82) is 0 Å². The Bertz CT molecular complexity index is 1230. The standard InChI is InChI=1S/C25H21N3O4/c1-17-8-10-19(11-9-17)24-26-23(27-28(24)20-12-14-21(31-2)15-13-20)25(30)32-16-22(29)18-6-4-3-5-7-18/h3-15H,16H2,1-2H3. The van der Waals surface area contributed by atoms with Crippen LogP contribution in [-0.4, -0.2) is 40.2 Å². The minimum absolute atomic E-state index is 0.128. The Morgan fingerprint density at radius 2 is 1.59 bits per heavy atom. The summed E-state index contributed by atoms with van der Waals surface area (Å²) in [4.78, 5) is 29.3. The third kappa shape index (κ3) is 4.57. The number of Topliss-reactive ketones (excluding diaryl/α,β-unsaturated/α-hetero) is 1. The van der Waals surface area contributed by atoms with Gasteiger partial charge in [-0.05, 0) is 31.2 Å². The van der Waals surface area contributed by atoms with Crippen LogP contribution in [0.4, 0.5) is 0 Å². The van der Waals surface area contributed by atoms with Crippen molar-refractivity contribution in [3.63, 3.8) is 0 Å². The predicted octanol–water partition coefficient (Wildman–Crippen LogP) is 4.29. The van der Waals surface area contributed by atoms with Gasteiger partial charge in [0.05, 0.1) is 12.8 Å². The number of rotatable bonds is 7. The van der Waals surface area contributed by atoms with Crippen LogP contribution in [0.5, 0.6) is 5.75 Å². The molecule has 3 aromatic carbocycles. The normalized spacial score (nSPS) is 10.6. The number of hydrogen-bond donors (Lipinski definition) is 0. The molecular weight excluding hydrogens is 406 g/mol. The van der Waals surface area contributed by atoms with Gasteiger partial charge >= 0.3 is 5.97 Å². The van der Waals surface area contributed by atoms with Gasteiger partial charge in [-0.3, -0.25) is 4.79 Å². The molecule has 7 nitrogen and oxygen atoms in total. The van der Waals surface area contributed by atoms with E-state index in [2.05, 4.69) is 10.1 Å². The number of carbonyl (C=O) groups excluding carboxylic acids is 2. The van der Waals surface area contributed by atoms with Crippen LogP contribution in [0, 0.1) is 6.92 Å². The topological polar surface area (TPSA) is 83.3 Å². The maximum absolute atomic E-state index is 12.6. The zero-order valence-electron chi connectivity index (χ0n) is 17.7. The van der Waals surface area contributed by atoms with Crippen LogP contribution in [0.1, 0.15) is 26.5 Å². The first-order valence-corrected chi connectivity index (χ1v) is 9.99. The lowest BCUT2D eigenvalue weighted by atomic mass is 10.1. The first-order valence-electron chi connectivity index (χ1n) is 9.99. The third-order valence-electron chi connectivity index (χ3n) is 4.85. The van der Waals surface area contributed by atoms with Gasteiger partial charge in [0.15, 0.2) is 18.2 Å². The van der Waals surface area contributed by atoms with Crippen LogP contribution >= 0.6 is 0 Å². The molecule has 0 N–H and O–H groups in total. The highest BCUT2D eigenvalue weighted by molar-refractivity contribution is 5.98. The molecule has 0 saturated heterocycles. The molecule has 32 heavy (non-hydrogen) atoms. The SMILES string of the molecule is COc1ccc(-n2nc(C(=O)OCC(=O)c3ccccc3)nc2-c2ccc(C)cc2)cc1. The molecule has 0 bridgehead atoms. The number of methoxy groups -OCH3 is 1. The Balaban J connectivity index is 1.62. The van der Waals surface area contributed by atoms with Gasteiger partial charge in [0, 0.05) is 11.1 Å². The second kappa shape index (κ2) is 9.26. The van der Waals surface area contributed by atoms with Gasteiger partial charge in [-0.2, -0.15) is 0 Å². The van der Waals surface area contributed by atoms with Crippen LogP contribution in [0.25, 0.3) is 17.1 Å². The summed E-state index contributed by atoms with van der Waals surface area (Å²) < 4.78 is 12.0. The van der Waals surface area contributed by atoms with Crippen LogP contribution in [-0.2, 0) is 4.74 Å². The number of hydrogen-bond acceptors (Lipinski definition) is 6. The highest BCUT2D eigenvalue weighted by Crippen LogP contribution is 2.23. The van der Waals surface area contributed by atoms with Crippen molar-refractivity contribution in [2.75, 3.05) is 13.7 Å². The number of ether oxygens (including phenoxy) is 2. The van der Waals surface area contributed by atoms with Gasteiger partial charge in [-0.15, -0.1) is 5.10 Å². The molecular formula is C25H21N3O4. The van der Waals surface area contributed by atoms with Crippen molar-refractivity contribution in [1.82, 2.24) is 14.8 Å². The van der Waals surface area contributed by atoms with Crippen molar-refractivity contribution in [3.8, 4) is 22.8 Å². The highest BCUT2D eigenvalue weighted by atomic mass is 16.5. The Morgan fingerprint density at radius 1 is 0.906 bits per heavy atom. The second-order valence-electron chi connectivity index (χ2n) is 7.10. The van der Waals surface area contributed by atoms with Gasteiger partial charge in [0.1, 0.15) is 5.75 Å². The molecule has 7 heteroatoms. The van der Waals surface area contributed by atoms with E-state index in [1.54, 1.807) is 48.2 Å². The Hall–Kier alpha value is -4.26. The molecule has 0 aliphatic heterocycles. The number of esters is 1. The molecule has 1 aromatic heterocycles. The maximum Gasteiger partial charge on any atom is 0.378 e. The molecule has 0 amide bonds. The third-order valence-corrected chi connectivity index (χ3v) is 4.85. The molecule has 0 unspecified atom stereocenters. The fourth-order valence-corrected chi connectivity index (χ4v) is 3.09. The quantitative estimate of drug-likeness (QED) is 0.323. The Morgan fingerprint density at radius 3 is 2.25 bits per heavy atom. The highest BCUT2D eigenvalue weighted by Gasteiger charge is 2.21. The van der Waals surface area contributed by atoms with Crippen LogP contribution < -0.4 is 4.74 Å². The Kier molecular flexibility index (Phi) is 6.07. The van der Waals surface area contributed by atoms with Gasteiger partial charge < -0.3 is 9.47 Å². The molecule has 160 valence electrons. The van der Waals surface area contributed by atoms with E-state index < -0.39 is 5.97 Å². The molecule has 0 atom stereocenters. The van der Waals surface area contributed by atoms with E-state index in [-0.39, 0.29) is 18.2 Å². The first kappa shape index (κ1) is 21.0. The van der Waals surface area contributed by atoms with Crippen molar-refractivity contribution in [3.05, 3.63) is 95.8 Å². The number of ketones is 1. The molecule has 0 fully saturated rings. The number of benzene rings is 3. The lowest BCUT2D eigenvalue weighted by Crippen LogP contribution is -2.15. The van der Waals surface area contributed by atoms with E-state index in [0.717, 1.165) is 11.1 Å². The van der Waals surface area contributed by atoms with E-state index in [9.17, 15) is 9.59 Å².